The number of rotatable bonds is 8. The Balaban J connectivity index is 1.27. The first-order chi connectivity index (χ1) is 13.8. The van der Waals surface area contributed by atoms with Gasteiger partial charge in [0.2, 0.25) is 0 Å². The zero-order chi connectivity index (χ0) is 19.6. The van der Waals surface area contributed by atoms with Crippen molar-refractivity contribution >= 4 is 0 Å². The van der Waals surface area contributed by atoms with Gasteiger partial charge in [0, 0.05) is 6.08 Å². The smallest absolute Gasteiger partial charge is 0.0908 e. The van der Waals surface area contributed by atoms with Crippen LogP contribution in [-0.4, -0.2) is 0 Å². The zero-order valence-corrected chi connectivity index (χ0v) is 17.9. The Hall–Kier alpha value is -1.55. The van der Waals surface area contributed by atoms with E-state index in [9.17, 15) is 0 Å². The maximum atomic E-state index is 8.65. The van der Waals surface area contributed by atoms with Gasteiger partial charge in [0.25, 0.3) is 0 Å². The van der Waals surface area contributed by atoms with Crippen LogP contribution in [0.25, 0.3) is 0 Å². The lowest BCUT2D eigenvalue weighted by Crippen LogP contribution is -2.14. The molecule has 0 aliphatic heterocycles. The lowest BCUT2D eigenvalue weighted by molar-refractivity contribution is 0.273. The van der Waals surface area contributed by atoms with Gasteiger partial charge in [0.15, 0.2) is 0 Å². The second-order valence-corrected chi connectivity index (χ2v) is 9.37. The maximum Gasteiger partial charge on any atom is 0.0908 e. The van der Waals surface area contributed by atoms with Gasteiger partial charge in [-0.1, -0.05) is 62.9 Å². The Morgan fingerprint density at radius 1 is 0.857 bits per heavy atom. The number of allylic oxidation sites excluding steroid dienone is 2. The highest BCUT2D eigenvalue weighted by Gasteiger charge is 2.23. The summed E-state index contributed by atoms with van der Waals surface area (Å²) in [6, 6.07) is 11.6. The Morgan fingerprint density at radius 2 is 1.43 bits per heavy atom. The number of hydrogen-bond donors (Lipinski definition) is 0. The molecule has 1 aromatic rings. The van der Waals surface area contributed by atoms with Crippen LogP contribution < -0.4 is 0 Å². The summed E-state index contributed by atoms with van der Waals surface area (Å²) in [6.45, 7) is 2.24. The van der Waals surface area contributed by atoms with E-state index in [0.717, 1.165) is 24.2 Å². The van der Waals surface area contributed by atoms with E-state index < -0.39 is 0 Å². The monoisotopic (exact) mass is 377 g/mol. The van der Waals surface area contributed by atoms with Crippen LogP contribution in [-0.2, 0) is 6.42 Å². The standard InChI is InChI=1S/C27H39N/c1-2-22-13-17-26(18-14-22)27-19-15-24(16-20-27)7-4-3-6-23-9-11-25(12-10-23)8-5-21-28/h5,8,13-14,17-18,23-25,27H,2-4,6-7,9-12,15-16,19-20H2,1H3/b8-5+/t23-,24-,25-,27-. The molecule has 0 bridgehead atoms. The molecule has 1 heteroatoms. The van der Waals surface area contributed by atoms with E-state index >= 15 is 0 Å². The molecule has 0 unspecified atom stereocenters. The highest BCUT2D eigenvalue weighted by Crippen LogP contribution is 2.38. The number of hydrogen-bond acceptors (Lipinski definition) is 1. The molecule has 0 saturated heterocycles. The molecule has 2 aliphatic rings. The van der Waals surface area contributed by atoms with Gasteiger partial charge in [0.1, 0.15) is 0 Å². The van der Waals surface area contributed by atoms with Crippen LogP contribution in [0.2, 0.25) is 0 Å². The summed E-state index contributed by atoms with van der Waals surface area (Å²) < 4.78 is 0. The fourth-order valence-corrected chi connectivity index (χ4v) is 5.52. The second-order valence-electron chi connectivity index (χ2n) is 9.37. The number of nitriles is 1. The van der Waals surface area contributed by atoms with Gasteiger partial charge in [-0.25, -0.2) is 0 Å². The van der Waals surface area contributed by atoms with Crippen molar-refractivity contribution in [1.29, 1.82) is 5.26 Å². The molecule has 1 aromatic carbocycles. The second kappa shape index (κ2) is 11.5. The van der Waals surface area contributed by atoms with Crippen molar-refractivity contribution in [2.75, 3.05) is 0 Å². The Labute approximate surface area is 173 Å². The Bertz CT molecular complexity index is 619. The van der Waals surface area contributed by atoms with E-state index in [2.05, 4.69) is 43.3 Å². The summed E-state index contributed by atoms with van der Waals surface area (Å²) in [4.78, 5) is 0. The van der Waals surface area contributed by atoms with Crippen LogP contribution in [0, 0.1) is 29.1 Å². The number of benzene rings is 1. The van der Waals surface area contributed by atoms with E-state index in [0.29, 0.717) is 5.92 Å². The van der Waals surface area contributed by atoms with Gasteiger partial charge < -0.3 is 0 Å². The number of nitrogens with zero attached hydrogens (tertiary/aromatic N) is 1. The lowest BCUT2D eigenvalue weighted by Gasteiger charge is -2.29. The van der Waals surface area contributed by atoms with Crippen LogP contribution in [0.3, 0.4) is 0 Å². The van der Waals surface area contributed by atoms with Crippen molar-refractivity contribution in [3.05, 3.63) is 47.5 Å². The molecule has 28 heavy (non-hydrogen) atoms. The quantitative estimate of drug-likeness (QED) is 0.333. The fourth-order valence-electron chi connectivity index (χ4n) is 5.52. The third kappa shape index (κ3) is 6.51. The van der Waals surface area contributed by atoms with Gasteiger partial charge in [-0.15, -0.1) is 0 Å². The molecule has 2 aliphatic carbocycles. The number of aryl methyl sites for hydroxylation is 1. The highest BCUT2D eigenvalue weighted by molar-refractivity contribution is 5.25. The fraction of sp³-hybridized carbons (Fsp3) is 0.667. The summed E-state index contributed by atoms with van der Waals surface area (Å²) in [6.07, 6.45) is 21.8. The third-order valence-electron chi connectivity index (χ3n) is 7.52. The van der Waals surface area contributed by atoms with Gasteiger partial charge in [-0.05, 0) is 92.6 Å². The molecule has 0 atom stereocenters. The van der Waals surface area contributed by atoms with Crippen LogP contribution >= 0.6 is 0 Å². The molecule has 2 fully saturated rings. The van der Waals surface area contributed by atoms with Gasteiger partial charge in [-0.3, -0.25) is 0 Å². The van der Waals surface area contributed by atoms with E-state index in [1.165, 1.54) is 82.6 Å². The largest absolute Gasteiger partial charge is 0.193 e. The summed E-state index contributed by atoms with van der Waals surface area (Å²) in [5.74, 6) is 3.42. The molecule has 2 saturated carbocycles. The van der Waals surface area contributed by atoms with Crippen LogP contribution in [0.4, 0.5) is 0 Å². The average molecular weight is 378 g/mol. The van der Waals surface area contributed by atoms with Gasteiger partial charge in [0.05, 0.1) is 6.07 Å². The normalized spacial score (nSPS) is 28.3. The minimum absolute atomic E-state index is 0.671. The van der Waals surface area contributed by atoms with Crippen molar-refractivity contribution in [3.63, 3.8) is 0 Å². The van der Waals surface area contributed by atoms with Crippen molar-refractivity contribution in [2.24, 2.45) is 17.8 Å². The summed E-state index contributed by atoms with van der Waals surface area (Å²) >= 11 is 0. The molecular weight excluding hydrogens is 338 g/mol. The Kier molecular flexibility index (Phi) is 8.66. The summed E-state index contributed by atoms with van der Waals surface area (Å²) in [5, 5.41) is 8.65. The highest BCUT2D eigenvalue weighted by atomic mass is 14.3. The molecular formula is C27H39N. The third-order valence-corrected chi connectivity index (χ3v) is 7.52. The van der Waals surface area contributed by atoms with Gasteiger partial charge in [-0.2, -0.15) is 5.26 Å². The van der Waals surface area contributed by atoms with E-state index in [-0.39, 0.29) is 0 Å². The topological polar surface area (TPSA) is 23.8 Å². The predicted molar refractivity (Wildman–Crippen MR) is 119 cm³/mol. The number of unbranched alkanes of at least 4 members (excludes halogenated alkanes) is 1. The van der Waals surface area contributed by atoms with Gasteiger partial charge >= 0.3 is 0 Å². The van der Waals surface area contributed by atoms with Crippen LogP contribution in [0.5, 0.6) is 0 Å². The predicted octanol–water partition coefficient (Wildman–Crippen LogP) is 7.97. The lowest BCUT2D eigenvalue weighted by atomic mass is 9.76. The Morgan fingerprint density at radius 3 is 1.96 bits per heavy atom. The molecule has 0 aromatic heterocycles. The van der Waals surface area contributed by atoms with E-state index in [1.54, 1.807) is 11.6 Å². The molecule has 152 valence electrons. The first kappa shape index (κ1) is 21.2. The van der Waals surface area contributed by atoms with Crippen molar-refractivity contribution < 1.29 is 0 Å². The van der Waals surface area contributed by atoms with Crippen molar-refractivity contribution in [2.45, 2.75) is 96.3 Å². The molecule has 3 rings (SSSR count). The summed E-state index contributed by atoms with van der Waals surface area (Å²) in [7, 11) is 0. The minimum Gasteiger partial charge on any atom is -0.193 e. The van der Waals surface area contributed by atoms with Crippen molar-refractivity contribution in [3.8, 4) is 6.07 Å². The van der Waals surface area contributed by atoms with E-state index in [4.69, 9.17) is 5.26 Å². The van der Waals surface area contributed by atoms with Crippen LogP contribution in [0.1, 0.15) is 101 Å². The molecule has 0 spiro atoms. The maximum absolute atomic E-state index is 8.65. The molecule has 0 heterocycles. The molecule has 0 N–H and O–H groups in total. The van der Waals surface area contributed by atoms with Crippen LogP contribution in [0.15, 0.2) is 36.4 Å². The molecule has 0 amide bonds. The van der Waals surface area contributed by atoms with E-state index in [1.807, 2.05) is 0 Å². The zero-order valence-electron chi connectivity index (χ0n) is 17.9. The van der Waals surface area contributed by atoms with Crippen molar-refractivity contribution in [1.82, 2.24) is 0 Å². The first-order valence-electron chi connectivity index (χ1n) is 11.9. The average Bonchev–Trinajstić information content (AvgIpc) is 2.76. The molecule has 0 radical (unpaired) electrons. The molecule has 1 nitrogen and oxygen atoms in total. The summed E-state index contributed by atoms with van der Waals surface area (Å²) in [5.41, 5.74) is 3.04. The first-order valence-corrected chi connectivity index (χ1v) is 11.9. The SMILES string of the molecule is CCc1ccc([C@H]2CC[C@H](CCCC[C@H]3CC[C@H](/C=C/C#N)CC3)CC2)cc1. The minimum atomic E-state index is 0.671.